The van der Waals surface area contributed by atoms with Crippen LogP contribution in [0.3, 0.4) is 0 Å². The maximum atomic E-state index is 12.0. The Morgan fingerprint density at radius 2 is 1.29 bits per heavy atom. The highest BCUT2D eigenvalue weighted by atomic mass is 31.2. The number of ether oxygens (including phenoxy) is 2. The molecule has 0 amide bonds. The second-order valence-electron chi connectivity index (χ2n) is 10.2. The summed E-state index contributed by atoms with van der Waals surface area (Å²) >= 11 is 0. The molecule has 4 aromatic heterocycles. The highest BCUT2D eigenvalue weighted by Crippen LogP contribution is 2.49. The van der Waals surface area contributed by atoms with Crippen LogP contribution in [-0.2, 0) is 31.7 Å². The Bertz CT molecular complexity index is 1480. The van der Waals surface area contributed by atoms with E-state index in [0.717, 1.165) is 12.8 Å². The van der Waals surface area contributed by atoms with Crippen molar-refractivity contribution < 1.29 is 28.4 Å². The monoisotopic (exact) mass is 611 g/mol. The molecule has 224 valence electrons. The zero-order valence-corrected chi connectivity index (χ0v) is 24.8. The van der Waals surface area contributed by atoms with Crippen molar-refractivity contribution in [3.8, 4) is 0 Å². The van der Waals surface area contributed by atoms with Crippen LogP contribution in [0.1, 0.15) is 25.7 Å². The first-order chi connectivity index (χ1) is 18.9. The molecule has 2 fully saturated rings. The predicted octanol–water partition coefficient (Wildman–Crippen LogP) is 1.37. The van der Waals surface area contributed by atoms with Crippen molar-refractivity contribution in [1.29, 1.82) is 0 Å². The Balaban J connectivity index is 0.000000184. The van der Waals surface area contributed by atoms with Crippen molar-refractivity contribution in [2.75, 3.05) is 24.8 Å². The molecule has 6 rings (SSSR count). The SMILES string of the molecule is CP(C)(=O)[C@H]1CC[C@@H](Cn2cnc3cnc(N)nc32)O1.Nc1ncc2ncn(C[C@@H]3CCC(P(=O)([O-])O)O3)c2n1.[NH4+]. The number of nitrogens with two attached hydrogens (primary N) is 2. The molecule has 5 atom stereocenters. The standard InChI is InChI=1S/C12H18N5O2P.C10H14N5O4P.H3N/c1-20(2,18)10-4-3-8(19-10)6-17-7-15-9-5-14-12(13)16-11(9)17;11-10-12-3-7-9(14-10)15(5-13-7)4-6-1-2-8(19-6)20(16,17)18;/h5,7-8,10H,3-4,6H2,1-2H3,(H2,13,14,16);3,5-6,8H,1-2,4H2,(H2,11,12,14)(H2,16,17,18);1H3/t8-,10-;6-,8?;/m00./s1. The van der Waals surface area contributed by atoms with E-state index in [0.29, 0.717) is 41.8 Å². The number of rotatable bonds is 6. The highest BCUT2D eigenvalue weighted by Gasteiger charge is 2.34. The summed E-state index contributed by atoms with van der Waals surface area (Å²) in [6.45, 7) is 4.59. The average Bonchev–Trinajstić information content (AvgIpc) is 3.67. The lowest BCUT2D eigenvalue weighted by Crippen LogP contribution is -2.20. The van der Waals surface area contributed by atoms with Gasteiger partial charge >= 0.3 is 0 Å². The number of hydrogen-bond acceptors (Lipinski definition) is 13. The summed E-state index contributed by atoms with van der Waals surface area (Å²) in [6, 6.07) is 0. The minimum absolute atomic E-state index is 0. The van der Waals surface area contributed by atoms with Crippen LogP contribution in [0.25, 0.3) is 22.3 Å². The molecule has 4 aromatic rings. The average molecular weight is 612 g/mol. The van der Waals surface area contributed by atoms with Crippen LogP contribution >= 0.6 is 14.7 Å². The lowest BCUT2D eigenvalue weighted by molar-refractivity contribution is -0.204. The van der Waals surface area contributed by atoms with E-state index in [4.69, 9.17) is 25.8 Å². The van der Waals surface area contributed by atoms with Gasteiger partial charge in [-0.25, -0.2) is 19.9 Å². The molecule has 0 spiro atoms. The molecule has 2 aliphatic heterocycles. The summed E-state index contributed by atoms with van der Waals surface area (Å²) in [5.74, 6) is -0.871. The van der Waals surface area contributed by atoms with E-state index in [1.54, 1.807) is 36.7 Å². The minimum atomic E-state index is -4.44. The van der Waals surface area contributed by atoms with E-state index in [1.807, 2.05) is 4.57 Å². The summed E-state index contributed by atoms with van der Waals surface area (Å²) in [7, 11) is -6.63. The number of nitrogens with zero attached hydrogens (tertiary/aromatic N) is 8. The molecule has 9 N–H and O–H groups in total. The van der Waals surface area contributed by atoms with Gasteiger partial charge < -0.3 is 55.1 Å². The fourth-order valence-corrected chi connectivity index (χ4v) is 6.82. The van der Waals surface area contributed by atoms with Crippen molar-refractivity contribution >= 4 is 49.0 Å². The van der Waals surface area contributed by atoms with Crippen LogP contribution in [-0.4, -0.2) is 81.2 Å². The summed E-state index contributed by atoms with van der Waals surface area (Å²) < 4.78 is 37.9. The number of nitrogen functional groups attached to an aromatic ring is 2. The fraction of sp³-hybridized carbons (Fsp3) is 0.545. The molecule has 0 saturated carbocycles. The van der Waals surface area contributed by atoms with Crippen molar-refractivity contribution in [2.24, 2.45) is 0 Å². The van der Waals surface area contributed by atoms with Crippen molar-refractivity contribution in [1.82, 2.24) is 45.2 Å². The Hall–Kier alpha value is -3.04. The normalized spacial score (nSPS) is 24.1. The van der Waals surface area contributed by atoms with E-state index < -0.39 is 20.6 Å². The molecular weight excluding hydrogens is 576 g/mol. The molecule has 6 heterocycles. The fourth-order valence-electron chi connectivity index (χ4n) is 4.78. The third-order valence-corrected chi connectivity index (χ3v) is 9.66. The maximum Gasteiger partial charge on any atom is 0.222 e. The Labute approximate surface area is 235 Å². The first-order valence-corrected chi connectivity index (χ1v) is 16.9. The van der Waals surface area contributed by atoms with Crippen molar-refractivity contribution in [2.45, 2.75) is 62.7 Å². The predicted molar refractivity (Wildman–Crippen MR) is 151 cm³/mol. The molecule has 0 radical (unpaired) electrons. The van der Waals surface area contributed by atoms with Gasteiger partial charge in [-0.15, -0.1) is 0 Å². The molecule has 19 heteroatoms. The number of aromatic nitrogens is 8. The molecule has 2 aliphatic rings. The number of fused-ring (bicyclic) bond motifs is 2. The highest BCUT2D eigenvalue weighted by molar-refractivity contribution is 7.62. The number of quaternary nitrogens is 1. The number of anilines is 2. The van der Waals surface area contributed by atoms with E-state index >= 15 is 0 Å². The van der Waals surface area contributed by atoms with Crippen LogP contribution in [0.4, 0.5) is 11.9 Å². The molecule has 2 saturated heterocycles. The second kappa shape index (κ2) is 12.1. The number of hydrogen-bond donors (Lipinski definition) is 4. The van der Waals surface area contributed by atoms with Gasteiger partial charge in [-0.1, -0.05) is 0 Å². The van der Waals surface area contributed by atoms with Crippen LogP contribution in [0.15, 0.2) is 25.0 Å². The van der Waals surface area contributed by atoms with Gasteiger partial charge in [0.15, 0.2) is 18.9 Å². The molecule has 0 bridgehead atoms. The molecular formula is C22H35N11O6P2. The summed E-state index contributed by atoms with van der Waals surface area (Å²) in [6.07, 6.45) is 8.71. The Morgan fingerprint density at radius 3 is 1.68 bits per heavy atom. The maximum absolute atomic E-state index is 12.0. The second-order valence-corrected chi connectivity index (χ2v) is 15.4. The Kier molecular flexibility index (Phi) is 9.09. The quantitative estimate of drug-likeness (QED) is 0.224. The smallest absolute Gasteiger partial charge is 0.222 e. The van der Waals surface area contributed by atoms with E-state index in [9.17, 15) is 14.0 Å². The van der Waals surface area contributed by atoms with Crippen LogP contribution in [0, 0.1) is 0 Å². The lowest BCUT2D eigenvalue weighted by Gasteiger charge is -2.23. The first kappa shape index (κ1) is 30.9. The summed E-state index contributed by atoms with van der Waals surface area (Å²) in [4.78, 5) is 44.5. The van der Waals surface area contributed by atoms with E-state index in [2.05, 4.69) is 29.9 Å². The van der Waals surface area contributed by atoms with E-state index in [1.165, 1.54) is 6.20 Å². The van der Waals surface area contributed by atoms with Crippen LogP contribution in [0.2, 0.25) is 0 Å². The Morgan fingerprint density at radius 1 is 0.854 bits per heavy atom. The van der Waals surface area contributed by atoms with Gasteiger partial charge in [-0.3, -0.25) is 0 Å². The molecule has 2 unspecified atom stereocenters. The third kappa shape index (κ3) is 7.25. The molecule has 17 nitrogen and oxygen atoms in total. The third-order valence-electron chi connectivity index (χ3n) is 6.78. The van der Waals surface area contributed by atoms with Gasteiger partial charge in [0.2, 0.25) is 11.9 Å². The summed E-state index contributed by atoms with van der Waals surface area (Å²) in [5.41, 5.74) is 13.7. The zero-order chi connectivity index (χ0) is 28.7. The zero-order valence-electron chi connectivity index (χ0n) is 23.0. The summed E-state index contributed by atoms with van der Waals surface area (Å²) in [5, 5.41) is 0. The minimum Gasteiger partial charge on any atom is -0.777 e. The van der Waals surface area contributed by atoms with Crippen LogP contribution in [0.5, 0.6) is 0 Å². The number of imidazole rings is 2. The van der Waals surface area contributed by atoms with Crippen LogP contribution < -0.4 is 22.5 Å². The molecule has 0 aliphatic carbocycles. The van der Waals surface area contributed by atoms with Gasteiger partial charge in [-0.2, -0.15) is 9.97 Å². The first-order valence-electron chi connectivity index (χ1n) is 12.6. The van der Waals surface area contributed by atoms with Gasteiger partial charge in [0, 0.05) is 0 Å². The van der Waals surface area contributed by atoms with Crippen molar-refractivity contribution in [3.05, 3.63) is 25.0 Å². The van der Waals surface area contributed by atoms with Gasteiger partial charge in [-0.05, 0) is 39.0 Å². The topological polar surface area (TPSA) is 272 Å². The van der Waals surface area contributed by atoms with Gasteiger partial charge in [0.05, 0.1) is 50.3 Å². The lowest BCUT2D eigenvalue weighted by atomic mass is 10.2. The van der Waals surface area contributed by atoms with Gasteiger partial charge in [0.25, 0.3) is 0 Å². The molecule has 41 heavy (non-hydrogen) atoms. The van der Waals surface area contributed by atoms with Gasteiger partial charge in [0.1, 0.15) is 29.9 Å². The van der Waals surface area contributed by atoms with E-state index in [-0.39, 0.29) is 42.5 Å². The van der Waals surface area contributed by atoms with Crippen molar-refractivity contribution in [3.63, 3.8) is 0 Å². The molecule has 0 aromatic carbocycles. The largest absolute Gasteiger partial charge is 0.777 e.